The summed E-state index contributed by atoms with van der Waals surface area (Å²) in [7, 11) is 0. The van der Waals surface area contributed by atoms with Crippen LogP contribution in [0.4, 0.5) is 0 Å². The minimum atomic E-state index is -1.05. The number of carbonyl (C=O) groups is 2. The first-order chi connectivity index (χ1) is 7.04. The van der Waals surface area contributed by atoms with Gasteiger partial charge in [-0.25, -0.2) is 0 Å². The summed E-state index contributed by atoms with van der Waals surface area (Å²) in [6.45, 7) is 0. The smallest absolute Gasteiger partial charge is 0.315 e. The maximum absolute atomic E-state index is 11.2. The highest BCUT2D eigenvalue weighted by atomic mass is 79.9. The number of Topliss-reactive ketones (excluding diaryl/α,β-unsaturated/α-hetero) is 1. The van der Waals surface area contributed by atoms with Crippen LogP contribution >= 0.6 is 15.9 Å². The van der Waals surface area contributed by atoms with Crippen LogP contribution in [0.25, 0.3) is 0 Å². The summed E-state index contributed by atoms with van der Waals surface area (Å²) in [5, 5.41) is 9.15. The van der Waals surface area contributed by atoms with E-state index in [0.29, 0.717) is 5.56 Å². The first kappa shape index (κ1) is 10.3. The van der Waals surface area contributed by atoms with Crippen LogP contribution in [0.2, 0.25) is 0 Å². The van der Waals surface area contributed by atoms with Gasteiger partial charge in [-0.05, 0) is 27.6 Å². The summed E-state index contributed by atoms with van der Waals surface area (Å²) < 4.78 is 0.722. The molecule has 78 valence electrons. The van der Waals surface area contributed by atoms with Gasteiger partial charge in [-0.1, -0.05) is 0 Å². The number of rotatable bonds is 2. The fourth-order valence-corrected chi connectivity index (χ4v) is 2.14. The molecule has 0 atom stereocenters. The molecule has 1 aromatic rings. The third-order valence-electron chi connectivity index (χ3n) is 2.66. The van der Waals surface area contributed by atoms with E-state index in [4.69, 9.17) is 5.11 Å². The van der Waals surface area contributed by atoms with Crippen LogP contribution in [0.5, 0.6) is 0 Å². The molecule has 0 aliphatic heterocycles. The minimum Gasteiger partial charge on any atom is -0.481 e. The Bertz CT molecular complexity index is 436. The van der Waals surface area contributed by atoms with Crippen LogP contribution < -0.4 is 0 Å². The molecule has 15 heavy (non-hydrogen) atoms. The molecule has 1 aromatic heterocycles. The predicted molar refractivity (Wildman–Crippen MR) is 55.5 cm³/mol. The van der Waals surface area contributed by atoms with E-state index in [-0.39, 0.29) is 18.6 Å². The van der Waals surface area contributed by atoms with E-state index in [0.717, 1.165) is 4.47 Å². The third kappa shape index (κ3) is 1.56. The molecule has 2 rings (SSSR count). The Hall–Kier alpha value is -1.23. The van der Waals surface area contributed by atoms with Crippen molar-refractivity contribution in [3.63, 3.8) is 0 Å². The monoisotopic (exact) mass is 269 g/mol. The first-order valence-electron chi connectivity index (χ1n) is 4.41. The lowest BCUT2D eigenvalue weighted by Gasteiger charge is -2.36. The number of halogens is 1. The minimum absolute atomic E-state index is 0.0163. The zero-order chi connectivity index (χ0) is 11.1. The van der Waals surface area contributed by atoms with Crippen LogP contribution in [0.3, 0.4) is 0 Å². The molecule has 0 unspecified atom stereocenters. The highest BCUT2D eigenvalue weighted by molar-refractivity contribution is 9.10. The molecule has 4 nitrogen and oxygen atoms in total. The van der Waals surface area contributed by atoms with E-state index in [2.05, 4.69) is 20.9 Å². The van der Waals surface area contributed by atoms with Gasteiger partial charge in [-0.15, -0.1) is 0 Å². The molecule has 1 aliphatic rings. The Labute approximate surface area is 94.5 Å². The molecule has 0 radical (unpaired) electrons. The second-order valence-electron chi connectivity index (χ2n) is 3.67. The van der Waals surface area contributed by atoms with Crippen LogP contribution in [0.1, 0.15) is 18.4 Å². The van der Waals surface area contributed by atoms with Crippen LogP contribution in [0, 0.1) is 0 Å². The van der Waals surface area contributed by atoms with Crippen LogP contribution in [-0.4, -0.2) is 21.8 Å². The molecule has 1 fully saturated rings. The third-order valence-corrected chi connectivity index (χ3v) is 3.10. The SMILES string of the molecule is O=C1CC(C(=O)O)(c2cncc(Br)c2)C1. The quantitative estimate of drug-likeness (QED) is 0.884. The average Bonchev–Trinajstić information content (AvgIpc) is 2.12. The molecule has 1 N–H and O–H groups in total. The molecular formula is C10H8BrNO3. The van der Waals surface area contributed by atoms with Gasteiger partial charge in [-0.2, -0.15) is 0 Å². The van der Waals surface area contributed by atoms with Gasteiger partial charge in [0.15, 0.2) is 0 Å². The van der Waals surface area contributed by atoms with Crippen molar-refractivity contribution in [3.8, 4) is 0 Å². The summed E-state index contributed by atoms with van der Waals surface area (Å²) in [6, 6.07) is 1.70. The highest BCUT2D eigenvalue weighted by Crippen LogP contribution is 2.41. The maximum Gasteiger partial charge on any atom is 0.315 e. The molecule has 0 bridgehead atoms. The summed E-state index contributed by atoms with van der Waals surface area (Å²) in [4.78, 5) is 26.1. The van der Waals surface area contributed by atoms with Crippen molar-refractivity contribution in [2.45, 2.75) is 18.3 Å². The van der Waals surface area contributed by atoms with Gasteiger partial charge in [0.05, 0.1) is 0 Å². The van der Waals surface area contributed by atoms with Crippen LogP contribution in [0.15, 0.2) is 22.9 Å². The van der Waals surface area contributed by atoms with Crippen molar-refractivity contribution in [2.24, 2.45) is 0 Å². The number of carboxylic acid groups (broad SMARTS) is 1. The van der Waals surface area contributed by atoms with Crippen molar-refractivity contribution >= 4 is 27.7 Å². The summed E-state index contributed by atoms with van der Waals surface area (Å²) in [6.07, 6.45) is 3.23. The van der Waals surface area contributed by atoms with Gasteiger partial charge < -0.3 is 5.11 Å². The molecule has 5 heteroatoms. The normalized spacial score (nSPS) is 18.3. The molecule has 0 spiro atoms. The fraction of sp³-hybridized carbons (Fsp3) is 0.300. The second kappa shape index (κ2) is 3.41. The lowest BCUT2D eigenvalue weighted by molar-refractivity contribution is -0.153. The van der Waals surface area contributed by atoms with Gasteiger partial charge in [-0.3, -0.25) is 14.6 Å². The Kier molecular flexibility index (Phi) is 2.34. The zero-order valence-electron chi connectivity index (χ0n) is 7.74. The standard InChI is InChI=1S/C10H8BrNO3/c11-7-1-6(4-12-5-7)10(9(14)15)2-8(13)3-10/h1,4-5H,2-3H2,(H,14,15). The van der Waals surface area contributed by atoms with Crippen LogP contribution in [-0.2, 0) is 15.0 Å². The topological polar surface area (TPSA) is 67.3 Å². The number of ketones is 1. The van der Waals surface area contributed by atoms with Gasteiger partial charge >= 0.3 is 5.97 Å². The Morgan fingerprint density at radius 2 is 2.13 bits per heavy atom. The molecular weight excluding hydrogens is 262 g/mol. The molecule has 0 saturated heterocycles. The van der Waals surface area contributed by atoms with Gasteiger partial charge in [0.25, 0.3) is 0 Å². The van der Waals surface area contributed by atoms with Gasteiger partial charge in [0.2, 0.25) is 0 Å². The predicted octanol–water partition coefficient (Wildman–Crippen LogP) is 1.53. The number of nitrogens with zero attached hydrogens (tertiary/aromatic N) is 1. The number of carbonyl (C=O) groups excluding carboxylic acids is 1. The largest absolute Gasteiger partial charge is 0.481 e. The lowest BCUT2D eigenvalue weighted by Crippen LogP contribution is -2.48. The number of carboxylic acids is 1. The number of hydrogen-bond donors (Lipinski definition) is 1. The van der Waals surface area contributed by atoms with Crippen molar-refractivity contribution < 1.29 is 14.7 Å². The summed E-state index contributed by atoms with van der Waals surface area (Å²) in [5.74, 6) is -0.973. The highest BCUT2D eigenvalue weighted by Gasteiger charge is 2.51. The van der Waals surface area contributed by atoms with Crippen molar-refractivity contribution in [2.75, 3.05) is 0 Å². The number of aliphatic carboxylic acids is 1. The van der Waals surface area contributed by atoms with E-state index in [9.17, 15) is 9.59 Å². The number of hydrogen-bond acceptors (Lipinski definition) is 3. The van der Waals surface area contributed by atoms with Gasteiger partial charge in [0.1, 0.15) is 11.2 Å². The van der Waals surface area contributed by atoms with E-state index < -0.39 is 11.4 Å². The molecule has 0 amide bonds. The van der Waals surface area contributed by atoms with E-state index in [1.54, 1.807) is 12.3 Å². The maximum atomic E-state index is 11.2. The summed E-state index contributed by atoms with van der Waals surface area (Å²) >= 11 is 3.23. The first-order valence-corrected chi connectivity index (χ1v) is 5.20. The molecule has 0 aromatic carbocycles. The average molecular weight is 270 g/mol. The van der Waals surface area contributed by atoms with E-state index in [1.165, 1.54) is 6.20 Å². The van der Waals surface area contributed by atoms with Crippen molar-refractivity contribution in [1.29, 1.82) is 0 Å². The van der Waals surface area contributed by atoms with E-state index >= 15 is 0 Å². The molecule has 1 aliphatic carbocycles. The van der Waals surface area contributed by atoms with Gasteiger partial charge in [0, 0.05) is 29.7 Å². The summed E-state index contributed by atoms with van der Waals surface area (Å²) in [5.41, 5.74) is -0.461. The number of pyridine rings is 1. The fourth-order valence-electron chi connectivity index (χ4n) is 1.77. The van der Waals surface area contributed by atoms with Crippen molar-refractivity contribution in [1.82, 2.24) is 4.98 Å². The Morgan fingerprint density at radius 1 is 1.47 bits per heavy atom. The Balaban J connectivity index is 2.43. The zero-order valence-corrected chi connectivity index (χ0v) is 9.32. The Morgan fingerprint density at radius 3 is 2.60 bits per heavy atom. The number of aromatic nitrogens is 1. The lowest BCUT2D eigenvalue weighted by atomic mass is 9.64. The van der Waals surface area contributed by atoms with Crippen molar-refractivity contribution in [3.05, 3.63) is 28.5 Å². The molecule has 1 saturated carbocycles. The van der Waals surface area contributed by atoms with E-state index in [1.807, 2.05) is 0 Å². The second-order valence-corrected chi connectivity index (χ2v) is 4.59. The molecule has 1 heterocycles.